The maximum absolute atomic E-state index is 13.0. The third-order valence-corrected chi connectivity index (χ3v) is 2.40. The Morgan fingerprint density at radius 3 is 2.27 bits per heavy atom. The Morgan fingerprint density at radius 2 is 2.00 bits per heavy atom. The molecule has 1 atom stereocenters. The molecular weight excluding hydrogens is 209 g/mol. The van der Waals surface area contributed by atoms with Gasteiger partial charge in [0.05, 0.1) is 6.20 Å². The van der Waals surface area contributed by atoms with Crippen LogP contribution in [0.2, 0.25) is 0 Å². The van der Waals surface area contributed by atoms with Gasteiger partial charge in [-0.3, -0.25) is 4.79 Å². The summed E-state index contributed by atoms with van der Waals surface area (Å²) in [4.78, 5) is 14.6. The number of rotatable bonds is 2. The molecule has 0 N–H and O–H groups in total. The highest BCUT2D eigenvalue weighted by atomic mass is 19.4. The van der Waals surface area contributed by atoms with Crippen molar-refractivity contribution in [2.24, 2.45) is 4.99 Å². The average Bonchev–Trinajstić information content (AvgIpc) is 2.45. The lowest BCUT2D eigenvalue weighted by Crippen LogP contribution is -2.62. The Morgan fingerprint density at radius 1 is 1.47 bits per heavy atom. The Bertz CT molecular complexity index is 344. The molecule has 1 aliphatic heterocycles. The van der Waals surface area contributed by atoms with E-state index in [4.69, 9.17) is 0 Å². The second-order valence-corrected chi connectivity index (χ2v) is 3.65. The van der Waals surface area contributed by atoms with E-state index in [1.165, 1.54) is 13.8 Å². The van der Waals surface area contributed by atoms with E-state index in [0.717, 1.165) is 19.3 Å². The van der Waals surface area contributed by atoms with Gasteiger partial charge in [0.2, 0.25) is 5.78 Å². The van der Waals surface area contributed by atoms with Gasteiger partial charge in [0.1, 0.15) is 12.2 Å². The van der Waals surface area contributed by atoms with Gasteiger partial charge in [-0.1, -0.05) is 0 Å². The van der Waals surface area contributed by atoms with Crippen LogP contribution >= 0.6 is 0 Å². The van der Waals surface area contributed by atoms with Crippen molar-refractivity contribution in [3.63, 3.8) is 0 Å². The van der Waals surface area contributed by atoms with Crippen molar-refractivity contribution in [1.82, 2.24) is 0 Å². The number of quaternary nitrogens is 1. The summed E-state index contributed by atoms with van der Waals surface area (Å²) in [6.45, 7) is 3.90. The number of Topliss-reactive ketones (excluding diaryl/α,β-unsaturated/α-hetero) is 1. The number of carbonyl (C=O) groups is 1. The van der Waals surface area contributed by atoms with E-state index in [0.29, 0.717) is 0 Å². The van der Waals surface area contributed by atoms with Crippen LogP contribution in [0.25, 0.3) is 0 Å². The number of halogens is 3. The van der Waals surface area contributed by atoms with Crippen LogP contribution in [0.15, 0.2) is 17.4 Å². The van der Waals surface area contributed by atoms with Gasteiger partial charge in [0.25, 0.3) is 5.84 Å². The van der Waals surface area contributed by atoms with Crippen molar-refractivity contribution in [2.75, 3.05) is 0 Å². The SMILES string of the molecule is CC(=O)C1=NC=C[N@+]1(C(C)C)C(F)(F)F. The first kappa shape index (κ1) is 11.9. The summed E-state index contributed by atoms with van der Waals surface area (Å²) in [5.74, 6) is -1.14. The molecule has 0 aromatic carbocycles. The standard InChI is InChI=1S/C9H12F3N2O/c1-6(2)14(9(10,11)12)5-4-13-8(14)7(3)15/h4-6H,1-3H3/q+1/t14-/m1/s1. The maximum Gasteiger partial charge on any atom is 0.572 e. The number of aliphatic imine (C=N–C) groups is 1. The monoisotopic (exact) mass is 221 g/mol. The molecule has 0 unspecified atom stereocenters. The summed E-state index contributed by atoms with van der Waals surface area (Å²) < 4.78 is 37.4. The first-order chi connectivity index (χ1) is 6.73. The number of hydrogen-bond acceptors (Lipinski definition) is 2. The highest BCUT2D eigenvalue weighted by Crippen LogP contribution is 2.37. The van der Waals surface area contributed by atoms with Crippen molar-refractivity contribution in [3.05, 3.63) is 12.4 Å². The minimum Gasteiger partial charge on any atom is -0.287 e. The van der Waals surface area contributed by atoms with Crippen LogP contribution in [0.4, 0.5) is 13.2 Å². The largest absolute Gasteiger partial charge is 0.572 e. The lowest BCUT2D eigenvalue weighted by molar-refractivity contribution is -0.928. The number of hydrogen-bond donors (Lipinski definition) is 0. The second-order valence-electron chi connectivity index (χ2n) is 3.65. The summed E-state index contributed by atoms with van der Waals surface area (Å²) in [5.41, 5.74) is 0. The van der Waals surface area contributed by atoms with Crippen LogP contribution in [0, 0.1) is 0 Å². The Labute approximate surface area is 85.5 Å². The molecule has 0 amide bonds. The molecule has 1 rings (SSSR count). The first-order valence-corrected chi connectivity index (χ1v) is 4.45. The molecule has 0 aliphatic carbocycles. The summed E-state index contributed by atoms with van der Waals surface area (Å²) in [6.07, 6.45) is -2.61. The molecule has 0 aromatic heterocycles. The zero-order valence-corrected chi connectivity index (χ0v) is 8.67. The molecule has 0 spiro atoms. The number of nitrogens with zero attached hydrogens (tertiary/aromatic N) is 2. The molecule has 0 bridgehead atoms. The topological polar surface area (TPSA) is 29.4 Å². The molecule has 0 saturated carbocycles. The van der Waals surface area contributed by atoms with Crippen LogP contribution in [0.1, 0.15) is 20.8 Å². The molecule has 1 aliphatic rings. The maximum atomic E-state index is 13.0. The fraction of sp³-hybridized carbons (Fsp3) is 0.556. The summed E-state index contributed by atoms with van der Waals surface area (Å²) >= 11 is 0. The smallest absolute Gasteiger partial charge is 0.287 e. The van der Waals surface area contributed by atoms with Crippen LogP contribution in [-0.2, 0) is 4.79 Å². The van der Waals surface area contributed by atoms with Crippen LogP contribution in [-0.4, -0.2) is 28.4 Å². The van der Waals surface area contributed by atoms with E-state index >= 15 is 0 Å². The molecule has 0 radical (unpaired) electrons. The Balaban J connectivity index is 3.32. The minimum absolute atomic E-state index is 0.475. The zero-order valence-electron chi connectivity index (χ0n) is 8.67. The van der Waals surface area contributed by atoms with Crippen molar-refractivity contribution < 1.29 is 22.4 Å². The summed E-state index contributed by atoms with van der Waals surface area (Å²) in [5, 5.41) is 0. The van der Waals surface area contributed by atoms with E-state index in [2.05, 4.69) is 4.99 Å². The molecule has 84 valence electrons. The molecule has 15 heavy (non-hydrogen) atoms. The number of alkyl halides is 3. The number of carbonyl (C=O) groups excluding carboxylic acids is 1. The van der Waals surface area contributed by atoms with E-state index in [9.17, 15) is 18.0 Å². The average molecular weight is 221 g/mol. The van der Waals surface area contributed by atoms with Crippen molar-refractivity contribution in [1.29, 1.82) is 0 Å². The molecule has 3 nitrogen and oxygen atoms in total. The summed E-state index contributed by atoms with van der Waals surface area (Å²) in [6, 6.07) is -0.814. The van der Waals surface area contributed by atoms with Gasteiger partial charge < -0.3 is 0 Å². The molecular formula is C9H12F3N2O+. The van der Waals surface area contributed by atoms with Crippen LogP contribution in [0.3, 0.4) is 0 Å². The summed E-state index contributed by atoms with van der Waals surface area (Å²) in [7, 11) is 0. The predicted molar refractivity (Wildman–Crippen MR) is 48.7 cm³/mol. The van der Waals surface area contributed by atoms with Crippen molar-refractivity contribution in [2.45, 2.75) is 33.1 Å². The molecule has 6 heteroatoms. The fourth-order valence-corrected chi connectivity index (χ4v) is 1.64. The quantitative estimate of drug-likeness (QED) is 0.519. The van der Waals surface area contributed by atoms with Crippen LogP contribution < -0.4 is 0 Å². The highest BCUT2D eigenvalue weighted by Gasteiger charge is 2.62. The van der Waals surface area contributed by atoms with Gasteiger partial charge in [-0.2, -0.15) is 4.99 Å². The molecule has 1 heterocycles. The Kier molecular flexibility index (Phi) is 2.73. The van der Waals surface area contributed by atoms with Crippen LogP contribution in [0.5, 0.6) is 0 Å². The lowest BCUT2D eigenvalue weighted by Gasteiger charge is -2.35. The number of amidine groups is 1. The second kappa shape index (κ2) is 3.44. The number of ketones is 1. The van der Waals surface area contributed by atoms with Gasteiger partial charge in [-0.05, 0) is 13.8 Å². The molecule has 0 saturated heterocycles. The lowest BCUT2D eigenvalue weighted by atomic mass is 10.2. The molecule has 0 fully saturated rings. The third kappa shape index (κ3) is 1.58. The van der Waals surface area contributed by atoms with E-state index in [-0.39, 0.29) is 0 Å². The van der Waals surface area contributed by atoms with Crippen molar-refractivity contribution >= 4 is 11.6 Å². The first-order valence-electron chi connectivity index (χ1n) is 4.45. The van der Waals surface area contributed by atoms with E-state index in [1.807, 2.05) is 0 Å². The predicted octanol–water partition coefficient (Wildman–Crippen LogP) is 2.20. The highest BCUT2D eigenvalue weighted by molar-refractivity contribution is 6.35. The fourth-order valence-electron chi connectivity index (χ4n) is 1.64. The molecule has 0 aromatic rings. The van der Waals surface area contributed by atoms with Gasteiger partial charge in [0, 0.05) is 6.92 Å². The van der Waals surface area contributed by atoms with Gasteiger partial charge in [-0.25, -0.2) is 0 Å². The van der Waals surface area contributed by atoms with Crippen molar-refractivity contribution in [3.8, 4) is 0 Å². The minimum atomic E-state index is -4.55. The van der Waals surface area contributed by atoms with Gasteiger partial charge >= 0.3 is 6.30 Å². The van der Waals surface area contributed by atoms with E-state index < -0.39 is 28.4 Å². The van der Waals surface area contributed by atoms with Gasteiger partial charge in [-0.15, -0.1) is 17.7 Å². The Hall–Kier alpha value is -1.17. The normalized spacial score (nSPS) is 25.9. The third-order valence-electron chi connectivity index (χ3n) is 2.40. The zero-order chi connectivity index (χ0) is 11.9. The van der Waals surface area contributed by atoms with E-state index in [1.54, 1.807) is 0 Å². The van der Waals surface area contributed by atoms with Gasteiger partial charge in [0.15, 0.2) is 0 Å².